The minimum atomic E-state index is -0.300. The van der Waals surface area contributed by atoms with Gasteiger partial charge >= 0.3 is 0 Å². The number of carbonyl (C=O) groups is 1. The van der Waals surface area contributed by atoms with Gasteiger partial charge in [0, 0.05) is 5.56 Å². The van der Waals surface area contributed by atoms with Gasteiger partial charge < -0.3 is 5.32 Å². The van der Waals surface area contributed by atoms with E-state index in [1.54, 1.807) is 0 Å². The second kappa shape index (κ2) is 4.91. The summed E-state index contributed by atoms with van der Waals surface area (Å²) in [6, 6.07) is 9.97. The highest BCUT2D eigenvalue weighted by Gasteiger charge is 1.98. The van der Waals surface area contributed by atoms with Gasteiger partial charge in [-0.15, -0.1) is 0 Å². The van der Waals surface area contributed by atoms with Crippen molar-refractivity contribution in [3.05, 3.63) is 35.9 Å². The van der Waals surface area contributed by atoms with Gasteiger partial charge in [0.05, 0.1) is 0 Å². The minimum absolute atomic E-state index is 0.300. The molecule has 0 aliphatic rings. The summed E-state index contributed by atoms with van der Waals surface area (Å²) in [5, 5.41) is 1.58. The van der Waals surface area contributed by atoms with Crippen LogP contribution >= 0.6 is 11.6 Å². The molecule has 0 aliphatic heterocycles. The molecule has 2 nitrogen and oxygen atoms in total. The second-order valence-corrected chi connectivity index (χ2v) is 2.96. The number of hydrogen-bond acceptors (Lipinski definition) is 1. The molecular weight excluding hydrogens is 174 g/mol. The Balaban J connectivity index is 2.29. The molecule has 0 spiro atoms. The van der Waals surface area contributed by atoms with Crippen LogP contribution in [0.25, 0.3) is 0 Å². The van der Waals surface area contributed by atoms with Crippen molar-refractivity contribution in [3.8, 4) is 0 Å². The van der Waals surface area contributed by atoms with Crippen LogP contribution in [0.3, 0.4) is 0 Å². The van der Waals surface area contributed by atoms with E-state index in [4.69, 9.17) is 11.6 Å². The summed E-state index contributed by atoms with van der Waals surface area (Å²) in [5.74, 6) is 0. The Morgan fingerprint density at radius 1 is 1.33 bits per heavy atom. The lowest BCUT2D eigenvalue weighted by molar-refractivity contribution is -0.659. The molecule has 0 atom stereocenters. The van der Waals surface area contributed by atoms with Gasteiger partial charge in [-0.05, 0) is 11.6 Å². The third kappa shape index (κ3) is 3.51. The van der Waals surface area contributed by atoms with Crippen molar-refractivity contribution < 1.29 is 10.1 Å². The third-order valence-electron chi connectivity index (χ3n) is 1.53. The molecule has 1 rings (SSSR count). The van der Waals surface area contributed by atoms with Crippen LogP contribution in [0, 0.1) is 0 Å². The number of halogens is 1. The first-order valence-electron chi connectivity index (χ1n) is 3.83. The summed E-state index contributed by atoms with van der Waals surface area (Å²) in [6.45, 7) is 1.15. The quantitative estimate of drug-likeness (QED) is 0.680. The number of nitrogens with two attached hydrogens (primary N) is 1. The van der Waals surface area contributed by atoms with E-state index in [0.29, 0.717) is 6.54 Å². The summed E-state index contributed by atoms with van der Waals surface area (Å²) in [5.41, 5.74) is 1.20. The fourth-order valence-electron chi connectivity index (χ4n) is 0.966. The Morgan fingerprint density at radius 3 is 2.58 bits per heavy atom. The number of carbonyl (C=O) groups excluding carboxylic acids is 1. The highest BCUT2D eigenvalue weighted by atomic mass is 35.5. The maximum Gasteiger partial charge on any atom is 0.276 e. The van der Waals surface area contributed by atoms with E-state index in [2.05, 4.69) is 0 Å². The number of rotatable bonds is 4. The normalized spacial score (nSPS) is 9.75. The summed E-state index contributed by atoms with van der Waals surface area (Å²) in [6.07, 6.45) is 0. The SMILES string of the molecule is O=C(Cl)C[NH2+]Cc1ccccc1. The fraction of sp³-hybridized carbons (Fsp3) is 0.222. The first-order valence-corrected chi connectivity index (χ1v) is 4.21. The van der Waals surface area contributed by atoms with Gasteiger partial charge in [0.15, 0.2) is 6.54 Å². The molecule has 12 heavy (non-hydrogen) atoms. The minimum Gasteiger partial charge on any atom is -0.335 e. The zero-order valence-corrected chi connectivity index (χ0v) is 7.42. The predicted octanol–water partition coefficient (Wildman–Crippen LogP) is 0.515. The number of quaternary nitrogens is 1. The third-order valence-corrected chi connectivity index (χ3v) is 1.68. The van der Waals surface area contributed by atoms with Gasteiger partial charge in [0.25, 0.3) is 5.24 Å². The van der Waals surface area contributed by atoms with E-state index in [0.717, 1.165) is 6.54 Å². The van der Waals surface area contributed by atoms with E-state index in [1.807, 2.05) is 35.6 Å². The van der Waals surface area contributed by atoms with Gasteiger partial charge in [0.1, 0.15) is 6.54 Å². The molecule has 64 valence electrons. The first-order chi connectivity index (χ1) is 5.79. The Labute approximate surface area is 76.5 Å². The smallest absolute Gasteiger partial charge is 0.276 e. The molecule has 0 saturated carbocycles. The first kappa shape index (κ1) is 9.23. The molecule has 3 heteroatoms. The van der Waals surface area contributed by atoms with E-state index in [-0.39, 0.29) is 5.24 Å². The van der Waals surface area contributed by atoms with Crippen molar-refractivity contribution in [2.75, 3.05) is 6.54 Å². The molecule has 2 N–H and O–H groups in total. The van der Waals surface area contributed by atoms with Crippen LogP contribution in [0.5, 0.6) is 0 Å². The molecule has 0 saturated heterocycles. The summed E-state index contributed by atoms with van der Waals surface area (Å²) >= 11 is 5.17. The average Bonchev–Trinajstić information content (AvgIpc) is 2.05. The molecule has 0 aliphatic carbocycles. The van der Waals surface area contributed by atoms with Crippen molar-refractivity contribution >= 4 is 16.8 Å². The summed E-state index contributed by atoms with van der Waals surface area (Å²) in [4.78, 5) is 10.4. The Morgan fingerprint density at radius 2 is 2.00 bits per heavy atom. The van der Waals surface area contributed by atoms with Crippen molar-refractivity contribution in [1.29, 1.82) is 0 Å². The molecule has 1 aromatic carbocycles. The zero-order chi connectivity index (χ0) is 8.81. The van der Waals surface area contributed by atoms with E-state index in [1.165, 1.54) is 5.56 Å². The molecule has 0 fully saturated rings. The molecule has 0 unspecified atom stereocenters. The van der Waals surface area contributed by atoms with E-state index >= 15 is 0 Å². The van der Waals surface area contributed by atoms with Gasteiger partial charge in [-0.1, -0.05) is 30.3 Å². The second-order valence-electron chi connectivity index (χ2n) is 2.54. The van der Waals surface area contributed by atoms with Gasteiger partial charge in [-0.3, -0.25) is 4.79 Å². The Hall–Kier alpha value is -0.860. The van der Waals surface area contributed by atoms with Crippen molar-refractivity contribution in [2.45, 2.75) is 6.54 Å². The molecule has 0 bridgehead atoms. The van der Waals surface area contributed by atoms with Crippen LogP contribution < -0.4 is 5.32 Å². The van der Waals surface area contributed by atoms with Gasteiger partial charge in [-0.2, -0.15) is 0 Å². The largest absolute Gasteiger partial charge is 0.335 e. The zero-order valence-electron chi connectivity index (χ0n) is 6.66. The predicted molar refractivity (Wildman–Crippen MR) is 47.8 cm³/mol. The molecule has 0 heterocycles. The molecule has 0 amide bonds. The van der Waals surface area contributed by atoms with Crippen LogP contribution in [0.15, 0.2) is 30.3 Å². The lowest BCUT2D eigenvalue weighted by Crippen LogP contribution is -2.83. The summed E-state index contributed by atoms with van der Waals surface area (Å²) in [7, 11) is 0. The van der Waals surface area contributed by atoms with Crippen molar-refractivity contribution in [2.24, 2.45) is 0 Å². The molecule has 1 aromatic rings. The molecule has 0 aromatic heterocycles. The van der Waals surface area contributed by atoms with Crippen molar-refractivity contribution in [1.82, 2.24) is 0 Å². The highest BCUT2D eigenvalue weighted by molar-refractivity contribution is 6.63. The van der Waals surface area contributed by atoms with E-state index in [9.17, 15) is 4.79 Å². The van der Waals surface area contributed by atoms with Gasteiger partial charge in [0.2, 0.25) is 0 Å². The van der Waals surface area contributed by atoms with Crippen LogP contribution in [-0.4, -0.2) is 11.8 Å². The maximum absolute atomic E-state index is 10.4. The van der Waals surface area contributed by atoms with Crippen molar-refractivity contribution in [3.63, 3.8) is 0 Å². The van der Waals surface area contributed by atoms with Gasteiger partial charge in [-0.25, -0.2) is 0 Å². The van der Waals surface area contributed by atoms with Crippen LogP contribution in [0.4, 0.5) is 0 Å². The van der Waals surface area contributed by atoms with Crippen LogP contribution in [-0.2, 0) is 11.3 Å². The Kier molecular flexibility index (Phi) is 3.77. The maximum atomic E-state index is 10.4. The lowest BCUT2D eigenvalue weighted by Gasteiger charge is -1.97. The fourth-order valence-corrected chi connectivity index (χ4v) is 1.08. The monoisotopic (exact) mass is 184 g/mol. The number of hydrogen-bond donors (Lipinski definition) is 1. The molecule has 0 radical (unpaired) electrons. The molecular formula is C9H11ClNO+. The highest BCUT2D eigenvalue weighted by Crippen LogP contribution is 1.94. The standard InChI is InChI=1S/C9H10ClNO/c10-9(12)7-11-6-8-4-2-1-3-5-8/h1-5,11H,6-7H2/p+1. The summed E-state index contributed by atoms with van der Waals surface area (Å²) < 4.78 is 0. The van der Waals surface area contributed by atoms with E-state index < -0.39 is 0 Å². The Bertz CT molecular complexity index is 248. The topological polar surface area (TPSA) is 33.7 Å². The lowest BCUT2D eigenvalue weighted by atomic mass is 10.2. The average molecular weight is 185 g/mol. The van der Waals surface area contributed by atoms with Crippen LogP contribution in [0.1, 0.15) is 5.56 Å². The number of benzene rings is 1. The van der Waals surface area contributed by atoms with Crippen LogP contribution in [0.2, 0.25) is 0 Å².